The molecule has 2 rings (SSSR count). The number of carbonyl (C=O) groups is 1. The van der Waals surface area contributed by atoms with Crippen molar-refractivity contribution in [3.8, 4) is 0 Å². The van der Waals surface area contributed by atoms with Gasteiger partial charge in [0.1, 0.15) is 0 Å². The number of nitrogens with one attached hydrogen (secondary N) is 1. The summed E-state index contributed by atoms with van der Waals surface area (Å²) >= 11 is 1.37. The van der Waals surface area contributed by atoms with Crippen LogP contribution in [0.5, 0.6) is 0 Å². The van der Waals surface area contributed by atoms with Crippen molar-refractivity contribution in [2.24, 2.45) is 0 Å². The number of rotatable bonds is 6. The Labute approximate surface area is 118 Å². The van der Waals surface area contributed by atoms with Crippen LogP contribution in [-0.4, -0.2) is 48.6 Å². The van der Waals surface area contributed by atoms with Crippen LogP contribution in [-0.2, 0) is 11.3 Å². The maximum atomic E-state index is 11.6. The molecule has 0 spiro atoms. The van der Waals surface area contributed by atoms with Crippen molar-refractivity contribution in [3.63, 3.8) is 0 Å². The first-order valence-corrected chi connectivity index (χ1v) is 7.62. The Morgan fingerprint density at radius 1 is 1.68 bits per heavy atom. The molecule has 1 aliphatic heterocycles. The van der Waals surface area contributed by atoms with Gasteiger partial charge in [0.15, 0.2) is 0 Å². The van der Waals surface area contributed by atoms with E-state index in [0.29, 0.717) is 17.7 Å². The number of carbonyl (C=O) groups excluding carboxylic acids is 1. The molecule has 1 atom stereocenters. The molecule has 1 N–H and O–H groups in total. The highest BCUT2D eigenvalue weighted by Crippen LogP contribution is 2.20. The molecule has 0 saturated carbocycles. The van der Waals surface area contributed by atoms with Crippen molar-refractivity contribution in [1.82, 2.24) is 15.2 Å². The number of aromatic nitrogens is 1. The largest absolute Gasteiger partial charge is 0.461 e. The van der Waals surface area contributed by atoms with Gasteiger partial charge < -0.3 is 10.1 Å². The molecule has 0 bridgehead atoms. The average molecular weight is 283 g/mol. The van der Waals surface area contributed by atoms with Crippen LogP contribution >= 0.6 is 11.3 Å². The highest BCUT2D eigenvalue weighted by molar-refractivity contribution is 7.11. The van der Waals surface area contributed by atoms with E-state index in [2.05, 4.69) is 15.2 Å². The summed E-state index contributed by atoms with van der Waals surface area (Å²) in [7, 11) is 1.98. The topological polar surface area (TPSA) is 54.5 Å². The highest BCUT2D eigenvalue weighted by Gasteiger charge is 2.24. The van der Waals surface area contributed by atoms with E-state index >= 15 is 0 Å². The molecule has 0 radical (unpaired) electrons. The van der Waals surface area contributed by atoms with Crippen LogP contribution in [0.15, 0.2) is 5.38 Å². The van der Waals surface area contributed by atoms with E-state index in [4.69, 9.17) is 4.74 Å². The average Bonchev–Trinajstić information content (AvgIpc) is 3.01. The summed E-state index contributed by atoms with van der Waals surface area (Å²) in [4.78, 5) is 18.4. The molecule has 1 aromatic rings. The van der Waals surface area contributed by atoms with Crippen molar-refractivity contribution in [2.45, 2.75) is 32.4 Å². The Balaban J connectivity index is 1.94. The maximum Gasteiger partial charge on any atom is 0.367 e. The Kier molecular flexibility index (Phi) is 5.30. The lowest BCUT2D eigenvalue weighted by molar-refractivity contribution is 0.0525. The molecule has 19 heavy (non-hydrogen) atoms. The third-order valence-electron chi connectivity index (χ3n) is 3.31. The molecule has 106 valence electrons. The van der Waals surface area contributed by atoms with E-state index in [0.717, 1.165) is 25.3 Å². The summed E-state index contributed by atoms with van der Waals surface area (Å²) in [5, 5.41) is 5.65. The zero-order valence-corrected chi connectivity index (χ0v) is 12.3. The number of nitrogens with zero attached hydrogens (tertiary/aromatic N) is 2. The van der Waals surface area contributed by atoms with Crippen LogP contribution in [0.4, 0.5) is 0 Å². The standard InChI is InChI=1S/C13H21N3O2S/c1-3-18-13(17)12-15-10(9-19-12)8-16-6-4-5-11(16)7-14-2/h9,11,14H,3-8H2,1-2H3. The normalized spacial score (nSPS) is 19.8. The molecule has 1 aromatic heterocycles. The van der Waals surface area contributed by atoms with E-state index in [-0.39, 0.29) is 5.97 Å². The number of hydrogen-bond acceptors (Lipinski definition) is 6. The van der Waals surface area contributed by atoms with Crippen molar-refractivity contribution >= 4 is 17.3 Å². The number of hydrogen-bond donors (Lipinski definition) is 1. The van der Waals surface area contributed by atoms with Crippen LogP contribution in [0.1, 0.15) is 35.3 Å². The molecule has 1 aliphatic rings. The van der Waals surface area contributed by atoms with Gasteiger partial charge in [-0.3, -0.25) is 4.90 Å². The van der Waals surface area contributed by atoms with Crippen LogP contribution < -0.4 is 5.32 Å². The Morgan fingerprint density at radius 2 is 2.53 bits per heavy atom. The number of esters is 1. The van der Waals surface area contributed by atoms with Crippen LogP contribution in [0, 0.1) is 0 Å². The van der Waals surface area contributed by atoms with Crippen molar-refractivity contribution in [1.29, 1.82) is 0 Å². The highest BCUT2D eigenvalue weighted by atomic mass is 32.1. The lowest BCUT2D eigenvalue weighted by Crippen LogP contribution is -2.36. The quantitative estimate of drug-likeness (QED) is 0.802. The lowest BCUT2D eigenvalue weighted by atomic mass is 10.2. The first-order valence-electron chi connectivity index (χ1n) is 6.74. The van der Waals surface area contributed by atoms with Gasteiger partial charge in [-0.15, -0.1) is 11.3 Å². The number of ether oxygens (including phenoxy) is 1. The first-order chi connectivity index (χ1) is 9.24. The smallest absolute Gasteiger partial charge is 0.367 e. The molecule has 0 amide bonds. The van der Waals surface area contributed by atoms with E-state index < -0.39 is 0 Å². The predicted octanol–water partition coefficient (Wildman–Crippen LogP) is 1.50. The van der Waals surface area contributed by atoms with E-state index in [9.17, 15) is 4.79 Å². The van der Waals surface area contributed by atoms with Gasteiger partial charge in [-0.05, 0) is 33.4 Å². The zero-order valence-electron chi connectivity index (χ0n) is 11.5. The fraction of sp³-hybridized carbons (Fsp3) is 0.692. The summed E-state index contributed by atoms with van der Waals surface area (Å²) in [5.41, 5.74) is 0.969. The van der Waals surface area contributed by atoms with Gasteiger partial charge >= 0.3 is 5.97 Å². The number of likely N-dealkylation sites (N-methyl/N-ethyl adjacent to an activating group) is 1. The minimum Gasteiger partial charge on any atom is -0.461 e. The second-order valence-corrected chi connectivity index (χ2v) is 5.55. The Bertz CT molecular complexity index is 422. The molecular weight excluding hydrogens is 262 g/mol. The second kappa shape index (κ2) is 6.98. The zero-order chi connectivity index (χ0) is 13.7. The van der Waals surface area contributed by atoms with Crippen LogP contribution in [0.2, 0.25) is 0 Å². The molecule has 2 heterocycles. The molecule has 5 nitrogen and oxygen atoms in total. The summed E-state index contributed by atoms with van der Waals surface area (Å²) in [6.07, 6.45) is 2.47. The molecule has 1 unspecified atom stereocenters. The predicted molar refractivity (Wildman–Crippen MR) is 75.4 cm³/mol. The molecule has 0 aliphatic carbocycles. The number of likely N-dealkylation sites (tertiary alicyclic amines) is 1. The SMILES string of the molecule is CCOC(=O)c1nc(CN2CCCC2CNC)cs1. The van der Waals surface area contributed by atoms with Crippen LogP contribution in [0.3, 0.4) is 0 Å². The van der Waals surface area contributed by atoms with E-state index in [1.54, 1.807) is 6.92 Å². The molecule has 0 aromatic carbocycles. The summed E-state index contributed by atoms with van der Waals surface area (Å²) < 4.78 is 4.96. The molecule has 1 saturated heterocycles. The van der Waals surface area contributed by atoms with Crippen LogP contribution in [0.25, 0.3) is 0 Å². The second-order valence-electron chi connectivity index (χ2n) is 4.69. The molecule has 6 heteroatoms. The number of thiazole rings is 1. The molecular formula is C13H21N3O2S. The lowest BCUT2D eigenvalue weighted by Gasteiger charge is -2.23. The van der Waals surface area contributed by atoms with Gasteiger partial charge in [0, 0.05) is 24.5 Å². The Hall–Kier alpha value is -0.980. The third kappa shape index (κ3) is 3.75. The third-order valence-corrected chi connectivity index (χ3v) is 4.18. The summed E-state index contributed by atoms with van der Waals surface area (Å²) in [6.45, 7) is 5.14. The maximum absolute atomic E-state index is 11.6. The summed E-state index contributed by atoms with van der Waals surface area (Å²) in [6, 6.07) is 0.581. The van der Waals surface area contributed by atoms with E-state index in [1.165, 1.54) is 24.2 Å². The van der Waals surface area contributed by atoms with E-state index in [1.807, 2.05) is 12.4 Å². The molecule has 1 fully saturated rings. The monoisotopic (exact) mass is 283 g/mol. The summed E-state index contributed by atoms with van der Waals surface area (Å²) in [5.74, 6) is -0.313. The minimum absolute atomic E-state index is 0.313. The van der Waals surface area contributed by atoms with Gasteiger partial charge in [-0.25, -0.2) is 9.78 Å². The van der Waals surface area contributed by atoms with Gasteiger partial charge in [0.2, 0.25) is 5.01 Å². The van der Waals surface area contributed by atoms with Crippen molar-refractivity contribution in [3.05, 3.63) is 16.1 Å². The fourth-order valence-corrected chi connectivity index (χ4v) is 3.14. The Morgan fingerprint density at radius 3 is 3.26 bits per heavy atom. The van der Waals surface area contributed by atoms with Gasteiger partial charge in [0.05, 0.1) is 12.3 Å². The van der Waals surface area contributed by atoms with Gasteiger partial charge in [-0.1, -0.05) is 0 Å². The van der Waals surface area contributed by atoms with Crippen molar-refractivity contribution < 1.29 is 9.53 Å². The van der Waals surface area contributed by atoms with Gasteiger partial charge in [-0.2, -0.15) is 0 Å². The minimum atomic E-state index is -0.313. The first kappa shape index (κ1) is 14.4. The van der Waals surface area contributed by atoms with Gasteiger partial charge in [0.25, 0.3) is 0 Å². The fourth-order valence-electron chi connectivity index (χ4n) is 2.44. The van der Waals surface area contributed by atoms with Crippen molar-refractivity contribution in [2.75, 3.05) is 26.7 Å².